The summed E-state index contributed by atoms with van der Waals surface area (Å²) in [5.41, 5.74) is 2.99. The molecule has 3 atom stereocenters. The van der Waals surface area contributed by atoms with E-state index < -0.39 is 0 Å². The Morgan fingerprint density at radius 2 is 1.98 bits per heavy atom. The molecule has 1 aliphatic carbocycles. The number of aromatic nitrogens is 2. The molecule has 3 fully saturated rings. The molecule has 2 aromatic rings. The second-order valence-corrected chi connectivity index (χ2v) is 12.2. The summed E-state index contributed by atoms with van der Waals surface area (Å²) in [6, 6.07) is 4.34. The van der Waals surface area contributed by atoms with Gasteiger partial charge in [0.25, 0.3) is 5.91 Å². The van der Waals surface area contributed by atoms with Crippen molar-refractivity contribution in [2.24, 2.45) is 0 Å². The van der Waals surface area contributed by atoms with Gasteiger partial charge in [-0.25, -0.2) is 4.98 Å². The highest BCUT2D eigenvalue weighted by molar-refractivity contribution is 6.04. The normalized spacial score (nSPS) is 25.7. The van der Waals surface area contributed by atoms with Crippen LogP contribution >= 0.6 is 0 Å². The Hall–Kier alpha value is -3.44. The van der Waals surface area contributed by atoms with E-state index in [2.05, 4.69) is 32.3 Å². The lowest BCUT2D eigenvalue weighted by Gasteiger charge is -2.43. The number of amides is 2. The zero-order valence-corrected chi connectivity index (χ0v) is 24.6. The Morgan fingerprint density at radius 1 is 1.14 bits per heavy atom. The van der Waals surface area contributed by atoms with E-state index in [0.29, 0.717) is 48.9 Å². The van der Waals surface area contributed by atoms with Crippen LogP contribution in [-0.2, 0) is 16.0 Å². The molecule has 2 saturated heterocycles. The van der Waals surface area contributed by atoms with E-state index in [1.54, 1.807) is 18.1 Å². The monoisotopic (exact) mass is 575 g/mol. The van der Waals surface area contributed by atoms with Crippen LogP contribution in [0.4, 0.5) is 23.1 Å². The fourth-order valence-electron chi connectivity index (χ4n) is 7.48. The molecule has 4 aliphatic heterocycles. The number of carbonyl (C=O) groups excluding carboxylic acids is 2. The SMILES string of the molecule is CC[C@@H]1C(=O)N(C)c2cnc(Nc3ccc(C(=O)NC[C@H]4CN5CCCC5CO4)c4c3OCC4)nc2N1C1CCCC1. The molecule has 1 aromatic carbocycles. The molecule has 2 N–H and O–H groups in total. The van der Waals surface area contributed by atoms with E-state index in [1.165, 1.54) is 25.7 Å². The topological polar surface area (TPSA) is 112 Å². The third-order valence-electron chi connectivity index (χ3n) is 9.71. The Morgan fingerprint density at radius 3 is 2.81 bits per heavy atom. The first-order valence-electron chi connectivity index (χ1n) is 15.6. The fraction of sp³-hybridized carbons (Fsp3) is 0.613. The molecule has 1 aromatic heterocycles. The molecule has 0 spiro atoms. The molecule has 11 heteroatoms. The summed E-state index contributed by atoms with van der Waals surface area (Å²) in [6.45, 7) is 5.82. The Bertz CT molecular complexity index is 1360. The standard InChI is InChI=1S/C31H41N7O4/c1-3-25-30(40)36(2)26-16-33-31(35-28(26)38(25)19-7-4-5-8-19)34-24-11-10-23(22-12-14-41-27(22)24)29(39)32-15-21-17-37-13-6-9-20(37)18-42-21/h10-11,16,19-21,25H,3-9,12-15,17-18H2,1-2H3,(H,32,39)(H,33,34,35)/t20?,21-,25+/m0/s1. The average molecular weight is 576 g/mol. The van der Waals surface area contributed by atoms with Crippen LogP contribution in [0.15, 0.2) is 18.3 Å². The number of ether oxygens (including phenoxy) is 2. The molecular weight excluding hydrogens is 534 g/mol. The van der Waals surface area contributed by atoms with Crippen LogP contribution in [0.5, 0.6) is 5.75 Å². The minimum absolute atomic E-state index is 0.0140. The molecule has 5 aliphatic rings. The minimum atomic E-state index is -0.227. The third-order valence-corrected chi connectivity index (χ3v) is 9.71. The number of hydrogen-bond acceptors (Lipinski definition) is 9. The quantitative estimate of drug-likeness (QED) is 0.514. The van der Waals surface area contributed by atoms with Crippen LogP contribution in [0, 0.1) is 0 Å². The van der Waals surface area contributed by atoms with Crippen LogP contribution in [0.2, 0.25) is 0 Å². The van der Waals surface area contributed by atoms with Crippen molar-refractivity contribution < 1.29 is 19.1 Å². The maximum absolute atomic E-state index is 13.3. The summed E-state index contributed by atoms with van der Waals surface area (Å²) in [6.07, 6.45) is 10.0. The van der Waals surface area contributed by atoms with Gasteiger partial charge in [0.1, 0.15) is 17.5 Å². The van der Waals surface area contributed by atoms with E-state index in [4.69, 9.17) is 14.5 Å². The minimum Gasteiger partial charge on any atom is -0.491 e. The number of benzene rings is 1. The lowest BCUT2D eigenvalue weighted by molar-refractivity contribution is -0.120. The Labute approximate surface area is 246 Å². The van der Waals surface area contributed by atoms with E-state index in [9.17, 15) is 9.59 Å². The van der Waals surface area contributed by atoms with Gasteiger partial charge in [0, 0.05) is 49.8 Å². The second kappa shape index (κ2) is 11.3. The molecule has 42 heavy (non-hydrogen) atoms. The third kappa shape index (κ3) is 4.86. The van der Waals surface area contributed by atoms with E-state index >= 15 is 0 Å². The lowest BCUT2D eigenvalue weighted by atomic mass is 10.0. The summed E-state index contributed by atoms with van der Waals surface area (Å²) in [7, 11) is 1.81. The maximum Gasteiger partial charge on any atom is 0.251 e. The van der Waals surface area contributed by atoms with Crippen molar-refractivity contribution in [1.82, 2.24) is 20.2 Å². The van der Waals surface area contributed by atoms with Crippen molar-refractivity contribution in [2.45, 2.75) is 82.5 Å². The molecular formula is C31H41N7O4. The van der Waals surface area contributed by atoms with Crippen LogP contribution < -0.4 is 25.2 Å². The maximum atomic E-state index is 13.3. The van der Waals surface area contributed by atoms with Crippen molar-refractivity contribution in [3.63, 3.8) is 0 Å². The number of rotatable bonds is 7. The van der Waals surface area contributed by atoms with Gasteiger partial charge in [-0.1, -0.05) is 19.8 Å². The summed E-state index contributed by atoms with van der Waals surface area (Å²) >= 11 is 0. The van der Waals surface area contributed by atoms with Crippen molar-refractivity contribution in [3.8, 4) is 5.75 Å². The Balaban J connectivity index is 1.10. The van der Waals surface area contributed by atoms with Crippen LogP contribution in [0.1, 0.15) is 67.8 Å². The first-order valence-corrected chi connectivity index (χ1v) is 15.6. The van der Waals surface area contributed by atoms with Gasteiger partial charge in [-0.15, -0.1) is 0 Å². The van der Waals surface area contributed by atoms with Gasteiger partial charge >= 0.3 is 0 Å². The number of hydrogen-bond donors (Lipinski definition) is 2. The number of fused-ring (bicyclic) bond motifs is 3. The van der Waals surface area contributed by atoms with Crippen molar-refractivity contribution >= 4 is 35.0 Å². The number of likely N-dealkylation sites (N-methyl/N-ethyl adjacent to an activating group) is 1. The van der Waals surface area contributed by atoms with Gasteiger partial charge in [-0.3, -0.25) is 14.5 Å². The number of nitrogens with zero attached hydrogens (tertiary/aromatic N) is 5. The molecule has 1 saturated carbocycles. The smallest absolute Gasteiger partial charge is 0.251 e. The molecule has 0 bridgehead atoms. The summed E-state index contributed by atoms with van der Waals surface area (Å²) < 4.78 is 12.1. The second-order valence-electron chi connectivity index (χ2n) is 12.2. The molecule has 2 amide bonds. The number of nitrogens with one attached hydrogen (secondary N) is 2. The zero-order chi connectivity index (χ0) is 28.8. The number of morpholine rings is 1. The van der Waals surface area contributed by atoms with E-state index in [0.717, 1.165) is 61.7 Å². The van der Waals surface area contributed by atoms with Crippen LogP contribution in [0.25, 0.3) is 0 Å². The van der Waals surface area contributed by atoms with Crippen molar-refractivity contribution in [3.05, 3.63) is 29.5 Å². The first-order chi connectivity index (χ1) is 20.5. The highest BCUT2D eigenvalue weighted by atomic mass is 16.5. The molecule has 7 rings (SSSR count). The van der Waals surface area contributed by atoms with Gasteiger partial charge in [0.15, 0.2) is 5.82 Å². The van der Waals surface area contributed by atoms with Gasteiger partial charge in [-0.2, -0.15) is 4.98 Å². The van der Waals surface area contributed by atoms with E-state index in [1.807, 2.05) is 12.1 Å². The molecule has 11 nitrogen and oxygen atoms in total. The van der Waals surface area contributed by atoms with Crippen molar-refractivity contribution in [2.75, 3.05) is 55.0 Å². The molecule has 224 valence electrons. The van der Waals surface area contributed by atoms with Gasteiger partial charge in [-0.05, 0) is 50.8 Å². The largest absolute Gasteiger partial charge is 0.491 e. The highest BCUT2D eigenvalue weighted by Gasteiger charge is 2.41. The zero-order valence-electron chi connectivity index (χ0n) is 24.6. The average Bonchev–Trinajstić information content (AvgIpc) is 3.80. The van der Waals surface area contributed by atoms with Gasteiger partial charge in [0.2, 0.25) is 11.9 Å². The molecule has 1 unspecified atom stereocenters. The first kappa shape index (κ1) is 27.4. The predicted octanol–water partition coefficient (Wildman–Crippen LogP) is 3.25. The lowest BCUT2D eigenvalue weighted by Crippen LogP contribution is -2.55. The fourth-order valence-corrected chi connectivity index (χ4v) is 7.48. The summed E-state index contributed by atoms with van der Waals surface area (Å²) in [5, 5.41) is 6.46. The highest BCUT2D eigenvalue weighted by Crippen LogP contribution is 2.41. The van der Waals surface area contributed by atoms with Crippen LogP contribution in [0.3, 0.4) is 0 Å². The van der Waals surface area contributed by atoms with Gasteiger partial charge in [0.05, 0.1) is 31.2 Å². The molecule has 5 heterocycles. The predicted molar refractivity (Wildman–Crippen MR) is 160 cm³/mol. The van der Waals surface area contributed by atoms with Crippen molar-refractivity contribution in [1.29, 1.82) is 0 Å². The number of anilines is 4. The van der Waals surface area contributed by atoms with E-state index in [-0.39, 0.29) is 24.0 Å². The number of carbonyl (C=O) groups is 2. The summed E-state index contributed by atoms with van der Waals surface area (Å²) in [4.78, 5) is 42.4. The van der Waals surface area contributed by atoms with Gasteiger partial charge < -0.3 is 29.9 Å². The molecule has 0 radical (unpaired) electrons. The van der Waals surface area contributed by atoms with Crippen LogP contribution in [-0.4, -0.2) is 90.8 Å². The Kier molecular flexibility index (Phi) is 7.39. The summed E-state index contributed by atoms with van der Waals surface area (Å²) in [5.74, 6) is 1.90.